The lowest BCUT2D eigenvalue weighted by atomic mass is 10.2. The highest BCUT2D eigenvalue weighted by molar-refractivity contribution is 5.59. The van der Waals surface area contributed by atoms with E-state index in [4.69, 9.17) is 10.6 Å². The SMILES string of the molecule is CCOCc1nc(NN)cc(Nc2ccc(C)c(F)c2)n1. The number of anilines is 3. The summed E-state index contributed by atoms with van der Waals surface area (Å²) in [5.74, 6) is 6.56. The number of rotatable bonds is 6. The maximum absolute atomic E-state index is 13.5. The molecule has 1 heterocycles. The summed E-state index contributed by atoms with van der Waals surface area (Å²) >= 11 is 0. The van der Waals surface area contributed by atoms with Gasteiger partial charge in [0.05, 0.1) is 0 Å². The molecule has 0 unspecified atom stereocenters. The van der Waals surface area contributed by atoms with Crippen LogP contribution in [0, 0.1) is 12.7 Å². The van der Waals surface area contributed by atoms with Crippen molar-refractivity contribution in [2.75, 3.05) is 17.3 Å². The van der Waals surface area contributed by atoms with E-state index in [9.17, 15) is 4.39 Å². The molecule has 1 aromatic carbocycles. The van der Waals surface area contributed by atoms with Crippen molar-refractivity contribution in [3.8, 4) is 0 Å². The lowest BCUT2D eigenvalue weighted by Gasteiger charge is -2.10. The predicted molar refractivity (Wildman–Crippen MR) is 79.6 cm³/mol. The molecule has 0 atom stereocenters. The van der Waals surface area contributed by atoms with Crippen LogP contribution >= 0.6 is 0 Å². The average Bonchev–Trinajstić information content (AvgIpc) is 2.48. The largest absolute Gasteiger partial charge is 0.374 e. The van der Waals surface area contributed by atoms with Gasteiger partial charge in [-0.25, -0.2) is 20.2 Å². The Balaban J connectivity index is 2.23. The molecule has 0 radical (unpaired) electrons. The van der Waals surface area contributed by atoms with E-state index in [2.05, 4.69) is 20.7 Å². The van der Waals surface area contributed by atoms with E-state index in [0.717, 1.165) is 0 Å². The molecule has 0 aliphatic carbocycles. The highest BCUT2D eigenvalue weighted by atomic mass is 19.1. The van der Waals surface area contributed by atoms with Gasteiger partial charge in [-0.1, -0.05) is 6.07 Å². The summed E-state index contributed by atoms with van der Waals surface area (Å²) in [6.45, 7) is 4.44. The summed E-state index contributed by atoms with van der Waals surface area (Å²) in [5, 5.41) is 3.02. The minimum absolute atomic E-state index is 0.277. The van der Waals surface area contributed by atoms with Gasteiger partial charge in [0, 0.05) is 18.4 Å². The van der Waals surface area contributed by atoms with Crippen molar-refractivity contribution in [2.45, 2.75) is 20.5 Å². The molecule has 2 rings (SSSR count). The van der Waals surface area contributed by atoms with Gasteiger partial charge in [0.25, 0.3) is 0 Å². The van der Waals surface area contributed by atoms with Gasteiger partial charge in [-0.3, -0.25) is 0 Å². The van der Waals surface area contributed by atoms with Crippen molar-refractivity contribution < 1.29 is 9.13 Å². The van der Waals surface area contributed by atoms with Crippen molar-refractivity contribution in [3.63, 3.8) is 0 Å². The van der Waals surface area contributed by atoms with Crippen LogP contribution in [0.5, 0.6) is 0 Å². The van der Waals surface area contributed by atoms with Crippen LogP contribution in [-0.4, -0.2) is 16.6 Å². The molecule has 0 aliphatic rings. The van der Waals surface area contributed by atoms with E-state index < -0.39 is 0 Å². The third-order valence-electron chi connectivity index (χ3n) is 2.80. The van der Waals surface area contributed by atoms with Crippen LogP contribution in [0.4, 0.5) is 21.7 Å². The molecule has 7 heteroatoms. The summed E-state index contributed by atoms with van der Waals surface area (Å²) in [4.78, 5) is 8.48. The maximum atomic E-state index is 13.5. The van der Waals surface area contributed by atoms with Gasteiger partial charge >= 0.3 is 0 Å². The average molecular weight is 291 g/mol. The Morgan fingerprint density at radius 1 is 1.24 bits per heavy atom. The smallest absolute Gasteiger partial charge is 0.158 e. The zero-order valence-corrected chi connectivity index (χ0v) is 12.0. The third kappa shape index (κ3) is 4.11. The fourth-order valence-electron chi connectivity index (χ4n) is 1.71. The lowest BCUT2D eigenvalue weighted by molar-refractivity contribution is 0.128. The second kappa shape index (κ2) is 6.96. The van der Waals surface area contributed by atoms with Gasteiger partial charge in [0.1, 0.15) is 24.1 Å². The van der Waals surface area contributed by atoms with Gasteiger partial charge in [0.15, 0.2) is 5.82 Å². The molecule has 0 saturated heterocycles. The highest BCUT2D eigenvalue weighted by Crippen LogP contribution is 2.19. The van der Waals surface area contributed by atoms with Crippen LogP contribution in [-0.2, 0) is 11.3 Å². The molecule has 112 valence electrons. The molecule has 0 spiro atoms. The van der Waals surface area contributed by atoms with Crippen molar-refractivity contribution in [2.24, 2.45) is 5.84 Å². The first-order valence-electron chi connectivity index (χ1n) is 6.58. The molecular weight excluding hydrogens is 273 g/mol. The highest BCUT2D eigenvalue weighted by Gasteiger charge is 2.06. The molecule has 21 heavy (non-hydrogen) atoms. The van der Waals surface area contributed by atoms with E-state index in [-0.39, 0.29) is 12.4 Å². The molecule has 0 saturated carbocycles. The molecule has 6 nitrogen and oxygen atoms in total. The summed E-state index contributed by atoms with van der Waals surface area (Å²) in [5.41, 5.74) is 3.66. The third-order valence-corrected chi connectivity index (χ3v) is 2.80. The van der Waals surface area contributed by atoms with Crippen LogP contribution in [0.3, 0.4) is 0 Å². The van der Waals surface area contributed by atoms with Gasteiger partial charge in [-0.2, -0.15) is 0 Å². The quantitative estimate of drug-likeness (QED) is 0.560. The minimum atomic E-state index is -0.277. The van der Waals surface area contributed by atoms with Crippen LogP contribution in [0.25, 0.3) is 0 Å². The number of nitrogen functional groups attached to an aromatic ring is 1. The molecule has 0 fully saturated rings. The number of hydrogen-bond donors (Lipinski definition) is 3. The molecule has 4 N–H and O–H groups in total. The standard InChI is InChI=1S/C14H18FN5O/c1-3-21-8-14-18-12(7-13(19-14)20-16)17-10-5-4-9(2)11(15)6-10/h4-7H,3,8,16H2,1-2H3,(H2,17,18,19,20). The second-order valence-corrected chi connectivity index (χ2v) is 4.43. The first kappa shape index (κ1) is 15.1. The molecule has 1 aromatic heterocycles. The topological polar surface area (TPSA) is 85.1 Å². The normalized spacial score (nSPS) is 10.5. The fourth-order valence-corrected chi connectivity index (χ4v) is 1.71. The maximum Gasteiger partial charge on any atom is 0.158 e. The van der Waals surface area contributed by atoms with Crippen LogP contribution in [0.15, 0.2) is 24.3 Å². The van der Waals surface area contributed by atoms with Crippen LogP contribution < -0.4 is 16.6 Å². The lowest BCUT2D eigenvalue weighted by Crippen LogP contribution is -2.12. The van der Waals surface area contributed by atoms with Gasteiger partial charge in [-0.05, 0) is 31.5 Å². The Bertz CT molecular complexity index is 620. The summed E-state index contributed by atoms with van der Waals surface area (Å²) in [6, 6.07) is 6.52. The van der Waals surface area contributed by atoms with Crippen LogP contribution in [0.1, 0.15) is 18.3 Å². The number of nitrogens with zero attached hydrogens (tertiary/aromatic N) is 2. The van der Waals surface area contributed by atoms with Gasteiger partial charge < -0.3 is 15.5 Å². The number of benzene rings is 1. The van der Waals surface area contributed by atoms with Crippen LogP contribution in [0.2, 0.25) is 0 Å². The van der Waals surface area contributed by atoms with Crippen molar-refractivity contribution in [1.82, 2.24) is 9.97 Å². The van der Waals surface area contributed by atoms with Crippen molar-refractivity contribution >= 4 is 17.3 Å². The molecule has 0 amide bonds. The zero-order valence-electron chi connectivity index (χ0n) is 12.0. The number of halogens is 1. The van der Waals surface area contributed by atoms with Crippen molar-refractivity contribution in [1.29, 1.82) is 0 Å². The van der Waals surface area contributed by atoms with Gasteiger partial charge in [0.2, 0.25) is 0 Å². The molecule has 0 aliphatic heterocycles. The van der Waals surface area contributed by atoms with E-state index in [1.54, 1.807) is 25.1 Å². The number of aromatic nitrogens is 2. The number of hydrazine groups is 1. The summed E-state index contributed by atoms with van der Waals surface area (Å²) in [6.07, 6.45) is 0. The van der Waals surface area contributed by atoms with E-state index in [1.807, 2.05) is 6.92 Å². The first-order chi connectivity index (χ1) is 10.1. The van der Waals surface area contributed by atoms with E-state index >= 15 is 0 Å². The molecule has 2 aromatic rings. The van der Waals surface area contributed by atoms with E-state index in [1.165, 1.54) is 6.07 Å². The zero-order chi connectivity index (χ0) is 15.2. The Hall–Kier alpha value is -2.25. The molecular formula is C14H18FN5O. The Morgan fingerprint density at radius 2 is 2.00 bits per heavy atom. The minimum Gasteiger partial charge on any atom is -0.374 e. The first-order valence-corrected chi connectivity index (χ1v) is 6.58. The Morgan fingerprint density at radius 3 is 2.67 bits per heavy atom. The van der Waals surface area contributed by atoms with Crippen molar-refractivity contribution in [3.05, 3.63) is 41.5 Å². The number of nitrogens with one attached hydrogen (secondary N) is 2. The monoisotopic (exact) mass is 291 g/mol. The number of aryl methyl sites for hydroxylation is 1. The fraction of sp³-hybridized carbons (Fsp3) is 0.286. The van der Waals surface area contributed by atoms with E-state index in [0.29, 0.717) is 35.3 Å². The Labute approximate surface area is 122 Å². The van der Waals surface area contributed by atoms with Gasteiger partial charge in [-0.15, -0.1) is 0 Å². The molecule has 0 bridgehead atoms. The number of hydrogen-bond acceptors (Lipinski definition) is 6. The predicted octanol–water partition coefficient (Wildman–Crippen LogP) is 2.49. The summed E-state index contributed by atoms with van der Waals surface area (Å²) < 4.78 is 18.8. The summed E-state index contributed by atoms with van der Waals surface area (Å²) in [7, 11) is 0. The second-order valence-electron chi connectivity index (χ2n) is 4.43. The number of nitrogens with two attached hydrogens (primary N) is 1. The Kier molecular flexibility index (Phi) is 5.02. The number of ether oxygens (including phenoxy) is 1.